The number of carbonyl (C=O) groups is 1. The molecule has 0 saturated heterocycles. The Balaban J connectivity index is 1.11. The van der Waals surface area contributed by atoms with Crippen molar-refractivity contribution in [1.82, 2.24) is 4.98 Å². The lowest BCUT2D eigenvalue weighted by Gasteiger charge is -2.55. The second kappa shape index (κ2) is 13.0. The number of rotatable bonds is 10. The van der Waals surface area contributed by atoms with Crippen LogP contribution in [-0.4, -0.2) is 39.0 Å². The number of methoxy groups -OCH3 is 1. The van der Waals surface area contributed by atoms with Gasteiger partial charge in [0.2, 0.25) is 5.91 Å². The van der Waals surface area contributed by atoms with E-state index in [0.29, 0.717) is 11.8 Å². The fraction of sp³-hybridized carbons (Fsp3) is 0.619. The van der Waals surface area contributed by atoms with Crippen LogP contribution in [0.25, 0.3) is 11.3 Å². The van der Waals surface area contributed by atoms with Crippen LogP contribution in [0.3, 0.4) is 0 Å². The first kappa shape index (κ1) is 34.5. The quantitative estimate of drug-likeness (QED) is 0.199. The Hall–Kier alpha value is -2.90. The number of hydrogen-bond donors (Lipinski definition) is 0. The zero-order valence-electron chi connectivity index (χ0n) is 31.1. The van der Waals surface area contributed by atoms with Gasteiger partial charge in [-0.3, -0.25) is 4.79 Å². The van der Waals surface area contributed by atoms with Gasteiger partial charge in [-0.25, -0.2) is 4.98 Å². The van der Waals surface area contributed by atoms with Crippen molar-refractivity contribution in [3.8, 4) is 17.0 Å². The topological polar surface area (TPSA) is 64.8 Å². The predicted molar refractivity (Wildman–Crippen MR) is 200 cm³/mol. The molecule has 264 valence electrons. The number of carbonyl (C=O) groups excluding carboxylic acids is 1. The van der Waals surface area contributed by atoms with Crippen molar-refractivity contribution in [2.24, 2.45) is 11.3 Å². The lowest BCUT2D eigenvalue weighted by Crippen LogP contribution is -2.52. The van der Waals surface area contributed by atoms with Crippen molar-refractivity contribution < 1.29 is 18.4 Å². The number of hydrogen-bond acceptors (Lipinski definition) is 5. The Kier molecular flexibility index (Phi) is 9.17. The minimum Gasteiger partial charge on any atom is -0.496 e. The van der Waals surface area contributed by atoms with E-state index in [1.807, 2.05) is 0 Å². The highest BCUT2D eigenvalue weighted by atomic mass is 28.4. The highest BCUT2D eigenvalue weighted by molar-refractivity contribution is 6.74. The van der Waals surface area contributed by atoms with Gasteiger partial charge >= 0.3 is 0 Å². The van der Waals surface area contributed by atoms with Crippen LogP contribution < -0.4 is 9.64 Å². The van der Waals surface area contributed by atoms with Crippen LogP contribution in [0, 0.1) is 18.3 Å². The molecule has 3 aromatic rings. The van der Waals surface area contributed by atoms with E-state index in [9.17, 15) is 4.79 Å². The van der Waals surface area contributed by atoms with Crippen LogP contribution >= 0.6 is 0 Å². The molecule has 0 unspecified atom stereocenters. The molecule has 0 aliphatic heterocycles. The first-order valence-electron chi connectivity index (χ1n) is 19.0. The molecule has 5 fully saturated rings. The minimum absolute atomic E-state index is 0.0291. The molecule has 0 N–H and O–H groups in total. The van der Waals surface area contributed by atoms with Gasteiger partial charge in [-0.15, -0.1) is 0 Å². The minimum atomic E-state index is -1.85. The monoisotopic (exact) mass is 682 g/mol. The summed E-state index contributed by atoms with van der Waals surface area (Å²) in [7, 11) is -0.0957. The summed E-state index contributed by atoms with van der Waals surface area (Å²) in [5.41, 5.74) is 5.96. The van der Waals surface area contributed by atoms with E-state index >= 15 is 0 Å². The Bertz CT molecular complexity index is 1630. The SMILES string of the molecule is COc1ccc(C23CCC(CN(c4cccc(-c5coc(C6CC6)n5)c4)C(=O)[C@H]4CC[C@H](O[Si](C)(C)C(C)(C)C)CC4)(CC2)CC3)cc1C. The Morgan fingerprint density at radius 1 is 0.959 bits per heavy atom. The third-order valence-electron chi connectivity index (χ3n) is 13.4. The van der Waals surface area contributed by atoms with Gasteiger partial charge in [0, 0.05) is 35.7 Å². The molecule has 2 aromatic carbocycles. The molecule has 49 heavy (non-hydrogen) atoms. The normalized spacial score (nSPS) is 27.2. The van der Waals surface area contributed by atoms with Gasteiger partial charge in [0.1, 0.15) is 17.7 Å². The molecule has 1 aromatic heterocycles. The van der Waals surface area contributed by atoms with E-state index in [2.05, 4.69) is 88.2 Å². The first-order valence-corrected chi connectivity index (χ1v) is 21.9. The van der Waals surface area contributed by atoms with Crippen molar-refractivity contribution in [3.05, 3.63) is 65.7 Å². The zero-order chi connectivity index (χ0) is 34.6. The smallest absolute Gasteiger partial charge is 0.230 e. The Morgan fingerprint density at radius 2 is 1.65 bits per heavy atom. The van der Waals surface area contributed by atoms with Crippen LogP contribution in [0.1, 0.15) is 121 Å². The number of aryl methyl sites for hydroxylation is 1. The van der Waals surface area contributed by atoms with Crippen molar-refractivity contribution in [2.75, 3.05) is 18.6 Å². The molecule has 1 heterocycles. The predicted octanol–water partition coefficient (Wildman–Crippen LogP) is 10.7. The van der Waals surface area contributed by atoms with Gasteiger partial charge in [-0.1, -0.05) is 45.0 Å². The second-order valence-corrected chi connectivity index (χ2v) is 22.4. The molecule has 8 rings (SSSR count). The van der Waals surface area contributed by atoms with Crippen LogP contribution in [0.5, 0.6) is 5.75 Å². The van der Waals surface area contributed by atoms with Crippen LogP contribution in [0.2, 0.25) is 18.1 Å². The summed E-state index contributed by atoms with van der Waals surface area (Å²) in [4.78, 5) is 21.8. The van der Waals surface area contributed by atoms with E-state index in [-0.39, 0.29) is 27.9 Å². The molecule has 6 nitrogen and oxygen atoms in total. The first-order chi connectivity index (χ1) is 23.3. The molecule has 5 aliphatic carbocycles. The van der Waals surface area contributed by atoms with Gasteiger partial charge < -0.3 is 18.5 Å². The second-order valence-electron chi connectivity index (χ2n) is 17.6. The summed E-state index contributed by atoms with van der Waals surface area (Å²) in [6, 6.07) is 15.3. The Labute approximate surface area is 295 Å². The fourth-order valence-corrected chi connectivity index (χ4v) is 10.2. The lowest BCUT2D eigenvalue weighted by molar-refractivity contribution is -0.124. The third-order valence-corrected chi connectivity index (χ3v) is 17.9. The molecule has 5 saturated carbocycles. The van der Waals surface area contributed by atoms with Gasteiger partial charge in [-0.05, 0) is 142 Å². The zero-order valence-corrected chi connectivity index (χ0v) is 32.1. The number of benzene rings is 2. The molecule has 0 atom stereocenters. The van der Waals surface area contributed by atoms with E-state index in [0.717, 1.165) is 92.9 Å². The van der Waals surface area contributed by atoms with E-state index in [1.54, 1.807) is 13.4 Å². The number of aromatic nitrogens is 1. The fourth-order valence-electron chi connectivity index (χ4n) is 8.79. The van der Waals surface area contributed by atoms with Gasteiger partial charge in [0.25, 0.3) is 0 Å². The van der Waals surface area contributed by atoms with Gasteiger partial charge in [0.15, 0.2) is 14.2 Å². The molecule has 7 heteroatoms. The average Bonchev–Trinajstić information content (AvgIpc) is 3.83. The maximum Gasteiger partial charge on any atom is 0.230 e. The average molecular weight is 683 g/mol. The van der Waals surface area contributed by atoms with Crippen molar-refractivity contribution in [1.29, 1.82) is 0 Å². The molecule has 0 radical (unpaired) electrons. The third kappa shape index (κ3) is 6.91. The van der Waals surface area contributed by atoms with Crippen LogP contribution in [0.4, 0.5) is 5.69 Å². The van der Waals surface area contributed by atoms with E-state index in [1.165, 1.54) is 30.4 Å². The van der Waals surface area contributed by atoms with E-state index in [4.69, 9.17) is 18.6 Å². The number of ether oxygens (including phenoxy) is 1. The van der Waals surface area contributed by atoms with Crippen molar-refractivity contribution >= 4 is 19.9 Å². The van der Waals surface area contributed by atoms with Crippen molar-refractivity contribution in [3.63, 3.8) is 0 Å². The summed E-state index contributed by atoms with van der Waals surface area (Å²) in [5, 5.41) is 0.188. The van der Waals surface area contributed by atoms with Crippen LogP contribution in [0.15, 0.2) is 53.1 Å². The number of amides is 1. The Morgan fingerprint density at radius 3 is 2.27 bits per heavy atom. The summed E-state index contributed by atoms with van der Waals surface area (Å²) < 4.78 is 18.3. The number of fused-ring (bicyclic) bond motifs is 3. The number of nitrogens with zero attached hydrogens (tertiary/aromatic N) is 2. The molecule has 1 amide bonds. The van der Waals surface area contributed by atoms with Gasteiger partial charge in [0.05, 0.1) is 7.11 Å². The maximum atomic E-state index is 14.8. The van der Waals surface area contributed by atoms with Crippen molar-refractivity contribution in [2.45, 2.75) is 140 Å². The molecular weight excluding hydrogens is 625 g/mol. The highest BCUT2D eigenvalue weighted by Crippen LogP contribution is 2.58. The van der Waals surface area contributed by atoms with E-state index < -0.39 is 8.32 Å². The maximum absolute atomic E-state index is 14.8. The molecular formula is C42H58N2O4Si. The largest absolute Gasteiger partial charge is 0.496 e. The van der Waals surface area contributed by atoms with Crippen LogP contribution in [-0.2, 0) is 14.6 Å². The molecule has 0 spiro atoms. The summed E-state index contributed by atoms with van der Waals surface area (Å²) in [5.74, 6) is 2.61. The standard InChI is InChI=1S/C42H58N2O4Si/c1-29-25-33(15-18-37(29)46-5)42-22-19-41(20-23-42,21-24-42)28-44(34-10-8-9-32(26-34)36-27-47-38(43-36)30-11-12-30)39(45)31-13-16-35(17-14-31)48-49(6,7)40(2,3)4/h8-10,15,18,25-27,30-31,35H,11-14,16-17,19-24,28H2,1-7H3/t31-,35-,41?,42?. The number of anilines is 1. The summed E-state index contributed by atoms with van der Waals surface area (Å²) in [6.07, 6.45) is 15.1. The molecule has 2 bridgehead atoms. The highest BCUT2D eigenvalue weighted by Gasteiger charge is 2.51. The number of oxazole rings is 1. The lowest BCUT2D eigenvalue weighted by atomic mass is 9.51. The molecule has 5 aliphatic rings. The summed E-state index contributed by atoms with van der Waals surface area (Å²) >= 11 is 0. The van der Waals surface area contributed by atoms with Gasteiger partial charge in [-0.2, -0.15) is 0 Å². The summed E-state index contributed by atoms with van der Waals surface area (Å²) in [6.45, 7) is 14.6.